The van der Waals surface area contributed by atoms with Gasteiger partial charge in [0.1, 0.15) is 5.75 Å². The summed E-state index contributed by atoms with van der Waals surface area (Å²) in [5.41, 5.74) is 7.42. The van der Waals surface area contributed by atoms with E-state index in [1.54, 1.807) is 6.20 Å². The summed E-state index contributed by atoms with van der Waals surface area (Å²) in [5.74, 6) is 0.286. The van der Waals surface area contributed by atoms with Crippen molar-refractivity contribution in [3.63, 3.8) is 0 Å². The first kappa shape index (κ1) is 8.13. The molecular formula is C10H12N2O. The SMILES string of the molecule is CC(N)c1ccc2[nH]ccc2c1O. The van der Waals surface area contributed by atoms with Gasteiger partial charge in [0.2, 0.25) is 0 Å². The number of hydrogen-bond acceptors (Lipinski definition) is 2. The van der Waals surface area contributed by atoms with Crippen LogP contribution in [0, 0.1) is 0 Å². The number of H-pyrrole nitrogens is 1. The van der Waals surface area contributed by atoms with Gasteiger partial charge in [-0.15, -0.1) is 0 Å². The molecule has 2 rings (SSSR count). The van der Waals surface area contributed by atoms with E-state index in [-0.39, 0.29) is 11.8 Å². The van der Waals surface area contributed by atoms with Crippen LogP contribution < -0.4 is 5.73 Å². The van der Waals surface area contributed by atoms with Crippen LogP contribution in [0.4, 0.5) is 0 Å². The van der Waals surface area contributed by atoms with Gasteiger partial charge in [0.25, 0.3) is 0 Å². The van der Waals surface area contributed by atoms with Gasteiger partial charge in [0.15, 0.2) is 0 Å². The van der Waals surface area contributed by atoms with Crippen LogP contribution >= 0.6 is 0 Å². The van der Waals surface area contributed by atoms with Crippen LogP contribution in [-0.2, 0) is 0 Å². The van der Waals surface area contributed by atoms with Crippen LogP contribution in [-0.4, -0.2) is 10.1 Å². The normalized spacial score (nSPS) is 13.4. The van der Waals surface area contributed by atoms with E-state index in [1.165, 1.54) is 0 Å². The van der Waals surface area contributed by atoms with Crippen molar-refractivity contribution < 1.29 is 5.11 Å². The molecule has 0 saturated carbocycles. The molecule has 1 heterocycles. The van der Waals surface area contributed by atoms with Crippen molar-refractivity contribution in [3.05, 3.63) is 30.0 Å². The second-order valence-electron chi connectivity index (χ2n) is 3.23. The van der Waals surface area contributed by atoms with Crippen molar-refractivity contribution in [1.29, 1.82) is 0 Å². The number of phenolic OH excluding ortho intramolecular Hbond substituents is 1. The molecule has 0 aliphatic carbocycles. The first-order valence-corrected chi connectivity index (χ1v) is 4.24. The van der Waals surface area contributed by atoms with E-state index in [0.29, 0.717) is 0 Å². The molecule has 0 amide bonds. The monoisotopic (exact) mass is 176 g/mol. The summed E-state index contributed by atoms with van der Waals surface area (Å²) in [5, 5.41) is 10.6. The smallest absolute Gasteiger partial charge is 0.129 e. The third-order valence-electron chi connectivity index (χ3n) is 2.23. The maximum atomic E-state index is 9.81. The minimum Gasteiger partial charge on any atom is -0.507 e. The highest BCUT2D eigenvalue weighted by Crippen LogP contribution is 2.30. The fourth-order valence-corrected chi connectivity index (χ4v) is 1.50. The molecule has 0 radical (unpaired) electrons. The Kier molecular flexibility index (Phi) is 1.74. The van der Waals surface area contributed by atoms with Gasteiger partial charge in [0.05, 0.1) is 0 Å². The topological polar surface area (TPSA) is 62.0 Å². The van der Waals surface area contributed by atoms with Crippen molar-refractivity contribution in [1.82, 2.24) is 4.98 Å². The third-order valence-corrected chi connectivity index (χ3v) is 2.23. The van der Waals surface area contributed by atoms with E-state index in [0.717, 1.165) is 16.5 Å². The molecule has 13 heavy (non-hydrogen) atoms. The van der Waals surface area contributed by atoms with E-state index in [4.69, 9.17) is 5.73 Å². The molecule has 0 saturated heterocycles. The van der Waals surface area contributed by atoms with E-state index < -0.39 is 0 Å². The summed E-state index contributed by atoms with van der Waals surface area (Å²) < 4.78 is 0. The number of nitrogens with one attached hydrogen (secondary N) is 1. The Morgan fingerprint density at radius 2 is 2.15 bits per heavy atom. The predicted octanol–water partition coefficient (Wildman–Crippen LogP) is 1.89. The summed E-state index contributed by atoms with van der Waals surface area (Å²) in [6.45, 7) is 1.85. The van der Waals surface area contributed by atoms with E-state index in [2.05, 4.69) is 4.98 Å². The van der Waals surface area contributed by atoms with Gasteiger partial charge in [-0.25, -0.2) is 0 Å². The maximum absolute atomic E-state index is 9.81. The highest BCUT2D eigenvalue weighted by molar-refractivity contribution is 5.86. The maximum Gasteiger partial charge on any atom is 0.129 e. The molecule has 1 unspecified atom stereocenters. The fourth-order valence-electron chi connectivity index (χ4n) is 1.50. The molecule has 0 aliphatic heterocycles. The van der Waals surface area contributed by atoms with Gasteiger partial charge in [0, 0.05) is 28.7 Å². The number of rotatable bonds is 1. The molecule has 1 aromatic carbocycles. The number of nitrogens with two attached hydrogens (primary N) is 1. The average molecular weight is 176 g/mol. The van der Waals surface area contributed by atoms with Crippen LogP contribution in [0.15, 0.2) is 24.4 Å². The summed E-state index contributed by atoms with van der Waals surface area (Å²) in [7, 11) is 0. The van der Waals surface area contributed by atoms with Gasteiger partial charge in [-0.2, -0.15) is 0 Å². The van der Waals surface area contributed by atoms with Crippen molar-refractivity contribution in [2.24, 2.45) is 5.73 Å². The van der Waals surface area contributed by atoms with Crippen LogP contribution in [0.1, 0.15) is 18.5 Å². The molecule has 0 bridgehead atoms. The zero-order chi connectivity index (χ0) is 9.42. The van der Waals surface area contributed by atoms with Crippen molar-refractivity contribution in [3.8, 4) is 5.75 Å². The van der Waals surface area contributed by atoms with Crippen molar-refractivity contribution in [2.75, 3.05) is 0 Å². The molecule has 0 spiro atoms. The number of aromatic nitrogens is 1. The average Bonchev–Trinajstić information content (AvgIpc) is 2.52. The molecule has 4 N–H and O–H groups in total. The third kappa shape index (κ3) is 1.17. The Morgan fingerprint density at radius 3 is 2.85 bits per heavy atom. The summed E-state index contributed by atoms with van der Waals surface area (Å²) >= 11 is 0. The van der Waals surface area contributed by atoms with Gasteiger partial charge in [-0.1, -0.05) is 6.07 Å². The number of aromatic amines is 1. The van der Waals surface area contributed by atoms with E-state index in [1.807, 2.05) is 25.1 Å². The standard InChI is InChI=1S/C10H12N2O/c1-6(11)7-2-3-9-8(10(7)13)4-5-12-9/h2-6,12-13H,11H2,1H3. The number of aromatic hydroxyl groups is 1. The minimum absolute atomic E-state index is 0.140. The zero-order valence-electron chi connectivity index (χ0n) is 7.41. The summed E-state index contributed by atoms with van der Waals surface area (Å²) in [4.78, 5) is 3.03. The highest BCUT2D eigenvalue weighted by atomic mass is 16.3. The predicted molar refractivity (Wildman–Crippen MR) is 52.6 cm³/mol. The lowest BCUT2D eigenvalue weighted by Crippen LogP contribution is -2.04. The van der Waals surface area contributed by atoms with Crippen LogP contribution in [0.25, 0.3) is 10.9 Å². The van der Waals surface area contributed by atoms with Crippen molar-refractivity contribution in [2.45, 2.75) is 13.0 Å². The van der Waals surface area contributed by atoms with Gasteiger partial charge in [-0.3, -0.25) is 0 Å². The molecule has 0 aliphatic rings. The lowest BCUT2D eigenvalue weighted by Gasteiger charge is -2.08. The fraction of sp³-hybridized carbons (Fsp3) is 0.200. The number of hydrogen-bond donors (Lipinski definition) is 3. The second-order valence-corrected chi connectivity index (χ2v) is 3.23. The van der Waals surface area contributed by atoms with E-state index >= 15 is 0 Å². The summed E-state index contributed by atoms with van der Waals surface area (Å²) in [6, 6.07) is 5.47. The number of benzene rings is 1. The largest absolute Gasteiger partial charge is 0.507 e. The lowest BCUT2D eigenvalue weighted by atomic mass is 10.1. The van der Waals surface area contributed by atoms with Crippen LogP contribution in [0.5, 0.6) is 5.75 Å². The van der Waals surface area contributed by atoms with Gasteiger partial charge in [-0.05, 0) is 19.1 Å². The van der Waals surface area contributed by atoms with Crippen LogP contribution in [0.3, 0.4) is 0 Å². The molecule has 68 valence electrons. The molecule has 1 atom stereocenters. The quantitative estimate of drug-likeness (QED) is 0.621. The molecule has 3 nitrogen and oxygen atoms in total. The number of phenols is 1. The Bertz CT molecular complexity index is 431. The number of fused-ring (bicyclic) bond motifs is 1. The van der Waals surface area contributed by atoms with E-state index in [9.17, 15) is 5.11 Å². The molecular weight excluding hydrogens is 164 g/mol. The Balaban J connectivity index is 2.73. The first-order chi connectivity index (χ1) is 6.20. The highest BCUT2D eigenvalue weighted by Gasteiger charge is 2.09. The van der Waals surface area contributed by atoms with Gasteiger partial charge < -0.3 is 15.8 Å². The molecule has 2 aromatic rings. The molecule has 0 fully saturated rings. The Morgan fingerprint density at radius 1 is 1.38 bits per heavy atom. The first-order valence-electron chi connectivity index (χ1n) is 4.24. The van der Waals surface area contributed by atoms with Crippen LogP contribution in [0.2, 0.25) is 0 Å². The molecule has 1 aromatic heterocycles. The lowest BCUT2D eigenvalue weighted by molar-refractivity contribution is 0.470. The Labute approximate surface area is 76.2 Å². The second kappa shape index (κ2) is 2.78. The zero-order valence-corrected chi connectivity index (χ0v) is 7.41. The molecule has 3 heteroatoms. The van der Waals surface area contributed by atoms with Gasteiger partial charge >= 0.3 is 0 Å². The van der Waals surface area contributed by atoms with Crippen molar-refractivity contribution >= 4 is 10.9 Å². The Hall–Kier alpha value is -1.48. The summed E-state index contributed by atoms with van der Waals surface area (Å²) in [6.07, 6.45) is 1.80. The minimum atomic E-state index is -0.140.